The molecule has 3 aromatic rings. The molecule has 0 aliphatic carbocycles. The zero-order valence-corrected chi connectivity index (χ0v) is 16.0. The SMILES string of the molecule is CCC[C@@H](CO)Nc1nc2ccc(Oc3ccnc(C(=O)NC)c3)cc2s1. The summed E-state index contributed by atoms with van der Waals surface area (Å²) in [5.41, 5.74) is 1.16. The molecule has 0 saturated heterocycles. The highest BCUT2D eigenvalue weighted by molar-refractivity contribution is 7.22. The number of ether oxygens (including phenoxy) is 1. The van der Waals surface area contributed by atoms with Crippen molar-refractivity contribution in [1.82, 2.24) is 15.3 Å². The Morgan fingerprint density at radius 2 is 2.11 bits per heavy atom. The molecule has 0 aliphatic rings. The number of carbonyl (C=O) groups excluding carboxylic acids is 1. The lowest BCUT2D eigenvalue weighted by molar-refractivity contribution is 0.0958. The fraction of sp³-hybridized carbons (Fsp3) is 0.316. The van der Waals surface area contributed by atoms with Crippen molar-refractivity contribution >= 4 is 32.6 Å². The number of nitrogens with zero attached hydrogens (tertiary/aromatic N) is 2. The number of nitrogens with one attached hydrogen (secondary N) is 2. The molecule has 142 valence electrons. The smallest absolute Gasteiger partial charge is 0.269 e. The Balaban J connectivity index is 1.77. The normalized spacial score (nSPS) is 12.0. The van der Waals surface area contributed by atoms with Gasteiger partial charge in [0.05, 0.1) is 22.9 Å². The van der Waals surface area contributed by atoms with Gasteiger partial charge in [0.2, 0.25) is 0 Å². The average Bonchev–Trinajstić information content (AvgIpc) is 3.08. The van der Waals surface area contributed by atoms with Crippen LogP contribution in [0.5, 0.6) is 11.5 Å². The van der Waals surface area contributed by atoms with Crippen LogP contribution in [-0.4, -0.2) is 40.7 Å². The van der Waals surface area contributed by atoms with Gasteiger partial charge in [0.25, 0.3) is 5.91 Å². The predicted molar refractivity (Wildman–Crippen MR) is 107 cm³/mol. The van der Waals surface area contributed by atoms with Crippen molar-refractivity contribution in [3.05, 3.63) is 42.2 Å². The minimum absolute atomic E-state index is 0.00577. The van der Waals surface area contributed by atoms with E-state index in [0.29, 0.717) is 17.2 Å². The van der Waals surface area contributed by atoms with Crippen LogP contribution in [0.1, 0.15) is 30.3 Å². The number of amides is 1. The predicted octanol–water partition coefficient (Wildman–Crippen LogP) is 3.42. The number of anilines is 1. The quantitative estimate of drug-likeness (QED) is 0.549. The molecule has 0 radical (unpaired) electrons. The minimum Gasteiger partial charge on any atom is -0.457 e. The Morgan fingerprint density at radius 3 is 2.85 bits per heavy atom. The van der Waals surface area contributed by atoms with Crippen LogP contribution in [0.3, 0.4) is 0 Å². The number of hydrogen-bond donors (Lipinski definition) is 3. The van der Waals surface area contributed by atoms with Gasteiger partial charge in [0.1, 0.15) is 17.2 Å². The van der Waals surface area contributed by atoms with Gasteiger partial charge in [-0.15, -0.1) is 0 Å². The number of carbonyl (C=O) groups is 1. The van der Waals surface area contributed by atoms with E-state index in [1.807, 2.05) is 18.2 Å². The summed E-state index contributed by atoms with van der Waals surface area (Å²) >= 11 is 1.51. The van der Waals surface area contributed by atoms with E-state index in [2.05, 4.69) is 27.5 Å². The molecular formula is C19H22N4O3S. The summed E-state index contributed by atoms with van der Waals surface area (Å²) in [6.45, 7) is 2.16. The number of hydrogen-bond acceptors (Lipinski definition) is 7. The minimum atomic E-state index is -0.264. The molecule has 27 heavy (non-hydrogen) atoms. The van der Waals surface area contributed by atoms with Gasteiger partial charge in [0, 0.05) is 25.4 Å². The van der Waals surface area contributed by atoms with E-state index in [9.17, 15) is 9.90 Å². The number of aromatic nitrogens is 2. The van der Waals surface area contributed by atoms with Crippen LogP contribution in [0.2, 0.25) is 0 Å². The van der Waals surface area contributed by atoms with E-state index in [1.165, 1.54) is 17.5 Å². The third-order valence-corrected chi connectivity index (χ3v) is 4.92. The summed E-state index contributed by atoms with van der Waals surface area (Å²) in [5.74, 6) is 0.924. The molecule has 0 aliphatic heterocycles. The van der Waals surface area contributed by atoms with Crippen LogP contribution in [-0.2, 0) is 0 Å². The molecule has 1 atom stereocenters. The first-order valence-electron chi connectivity index (χ1n) is 8.77. The van der Waals surface area contributed by atoms with Gasteiger partial charge in [-0.05, 0) is 24.6 Å². The molecule has 0 spiro atoms. The van der Waals surface area contributed by atoms with Crippen molar-refractivity contribution in [2.75, 3.05) is 19.0 Å². The maximum Gasteiger partial charge on any atom is 0.269 e. The molecule has 3 rings (SSSR count). The molecule has 0 unspecified atom stereocenters. The summed E-state index contributed by atoms with van der Waals surface area (Å²) < 4.78 is 6.85. The van der Waals surface area contributed by atoms with Crippen LogP contribution in [0.4, 0.5) is 5.13 Å². The Labute approximate surface area is 161 Å². The second-order valence-corrected chi connectivity index (χ2v) is 7.05. The Hall–Kier alpha value is -2.71. The number of thiazole rings is 1. The van der Waals surface area contributed by atoms with Crippen molar-refractivity contribution in [1.29, 1.82) is 0 Å². The topological polar surface area (TPSA) is 96.4 Å². The lowest BCUT2D eigenvalue weighted by Gasteiger charge is -2.13. The zero-order valence-electron chi connectivity index (χ0n) is 15.2. The molecule has 0 bridgehead atoms. The van der Waals surface area contributed by atoms with Crippen LogP contribution in [0, 0.1) is 0 Å². The largest absolute Gasteiger partial charge is 0.457 e. The molecule has 2 heterocycles. The molecule has 7 nitrogen and oxygen atoms in total. The lowest BCUT2D eigenvalue weighted by Crippen LogP contribution is -2.23. The molecule has 8 heteroatoms. The summed E-state index contributed by atoms with van der Waals surface area (Å²) in [6.07, 6.45) is 3.41. The van der Waals surface area contributed by atoms with Gasteiger partial charge >= 0.3 is 0 Å². The monoisotopic (exact) mass is 386 g/mol. The number of pyridine rings is 1. The van der Waals surface area contributed by atoms with Crippen molar-refractivity contribution < 1.29 is 14.6 Å². The fourth-order valence-electron chi connectivity index (χ4n) is 2.63. The summed E-state index contributed by atoms with van der Waals surface area (Å²) in [6, 6.07) is 8.94. The van der Waals surface area contributed by atoms with Crippen molar-refractivity contribution in [3.63, 3.8) is 0 Å². The number of rotatable bonds is 8. The summed E-state index contributed by atoms with van der Waals surface area (Å²) in [7, 11) is 1.56. The Morgan fingerprint density at radius 1 is 1.30 bits per heavy atom. The average molecular weight is 386 g/mol. The van der Waals surface area contributed by atoms with E-state index in [4.69, 9.17) is 4.74 Å². The highest BCUT2D eigenvalue weighted by Gasteiger charge is 2.11. The standard InChI is InChI=1S/C19H22N4O3S/c1-3-4-12(11-24)22-19-23-15-6-5-13(10-17(15)27-19)26-14-7-8-21-16(9-14)18(25)20-2/h5-10,12,24H,3-4,11H2,1-2H3,(H,20,25)(H,22,23)/t12-/m0/s1. The Kier molecular flexibility index (Phi) is 6.20. The fourth-order valence-corrected chi connectivity index (χ4v) is 3.60. The van der Waals surface area contributed by atoms with E-state index < -0.39 is 0 Å². The summed E-state index contributed by atoms with van der Waals surface area (Å²) in [5, 5.41) is 16.0. The highest BCUT2D eigenvalue weighted by Crippen LogP contribution is 2.31. The first-order chi connectivity index (χ1) is 13.1. The van der Waals surface area contributed by atoms with Crippen molar-refractivity contribution in [3.8, 4) is 11.5 Å². The van der Waals surface area contributed by atoms with E-state index in [-0.39, 0.29) is 18.6 Å². The number of fused-ring (bicyclic) bond motifs is 1. The van der Waals surface area contributed by atoms with E-state index in [1.54, 1.807) is 19.2 Å². The van der Waals surface area contributed by atoms with Gasteiger partial charge in [-0.25, -0.2) is 4.98 Å². The molecule has 2 aromatic heterocycles. The van der Waals surface area contributed by atoms with Gasteiger partial charge in [-0.1, -0.05) is 24.7 Å². The number of benzene rings is 1. The second kappa shape index (κ2) is 8.79. The van der Waals surface area contributed by atoms with Crippen molar-refractivity contribution in [2.45, 2.75) is 25.8 Å². The van der Waals surface area contributed by atoms with Crippen LogP contribution in [0.15, 0.2) is 36.5 Å². The third kappa shape index (κ3) is 4.72. The van der Waals surface area contributed by atoms with Crippen LogP contribution >= 0.6 is 11.3 Å². The highest BCUT2D eigenvalue weighted by atomic mass is 32.1. The van der Waals surface area contributed by atoms with Crippen molar-refractivity contribution in [2.24, 2.45) is 0 Å². The molecule has 1 aromatic carbocycles. The first kappa shape index (κ1) is 19.1. The maximum absolute atomic E-state index is 11.7. The van der Waals surface area contributed by atoms with Gasteiger partial charge in [0.15, 0.2) is 5.13 Å². The van der Waals surface area contributed by atoms with E-state index >= 15 is 0 Å². The Bertz CT molecular complexity index is 928. The maximum atomic E-state index is 11.7. The molecule has 0 fully saturated rings. The first-order valence-corrected chi connectivity index (χ1v) is 9.58. The second-order valence-electron chi connectivity index (χ2n) is 6.02. The summed E-state index contributed by atoms with van der Waals surface area (Å²) in [4.78, 5) is 20.3. The molecular weight excluding hydrogens is 364 g/mol. The molecule has 0 saturated carbocycles. The molecule has 1 amide bonds. The van der Waals surface area contributed by atoms with Crippen LogP contribution in [0.25, 0.3) is 10.2 Å². The lowest BCUT2D eigenvalue weighted by atomic mass is 10.2. The number of aliphatic hydroxyl groups excluding tert-OH is 1. The van der Waals surface area contributed by atoms with Gasteiger partial charge in [-0.3, -0.25) is 9.78 Å². The van der Waals surface area contributed by atoms with Gasteiger partial charge < -0.3 is 20.5 Å². The molecule has 3 N–H and O–H groups in total. The number of aliphatic hydroxyl groups is 1. The van der Waals surface area contributed by atoms with Crippen LogP contribution < -0.4 is 15.4 Å². The zero-order chi connectivity index (χ0) is 19.2. The third-order valence-electron chi connectivity index (χ3n) is 3.97. The van der Waals surface area contributed by atoms with E-state index in [0.717, 1.165) is 28.2 Å². The van der Waals surface area contributed by atoms with Gasteiger partial charge in [-0.2, -0.15) is 0 Å².